The highest BCUT2D eigenvalue weighted by atomic mass is 19.1. The Bertz CT molecular complexity index is 1250. The van der Waals surface area contributed by atoms with E-state index < -0.39 is 29.4 Å². The number of H-pyrrole nitrogens is 1. The zero-order chi connectivity index (χ0) is 23.4. The summed E-state index contributed by atoms with van der Waals surface area (Å²) in [5.41, 5.74) is 2.63. The minimum absolute atomic E-state index is 0.0418. The number of carbonyl (C=O) groups excluding carboxylic acids is 2. The number of aromatic amines is 1. The number of benzene rings is 2. The molecule has 1 unspecified atom stereocenters. The Morgan fingerprint density at radius 2 is 1.81 bits per heavy atom. The van der Waals surface area contributed by atoms with Crippen LogP contribution in [0.25, 0.3) is 11.0 Å². The van der Waals surface area contributed by atoms with Crippen LogP contribution in [0.2, 0.25) is 0 Å². The van der Waals surface area contributed by atoms with Crippen molar-refractivity contribution in [3.63, 3.8) is 0 Å². The highest BCUT2D eigenvalue weighted by Crippen LogP contribution is 2.41. The SMILES string of the molecule is CC(C)C(=O)C1=C(O)C(=O)N(c2nc3ccc(F)cc3[nH]2)C1c1ccc(C(C)(C)C)cc1. The minimum atomic E-state index is -0.850. The lowest BCUT2D eigenvalue weighted by Gasteiger charge is -2.26. The lowest BCUT2D eigenvalue weighted by atomic mass is 9.85. The Kier molecular flexibility index (Phi) is 5.15. The summed E-state index contributed by atoms with van der Waals surface area (Å²) >= 11 is 0. The Labute approximate surface area is 185 Å². The highest BCUT2D eigenvalue weighted by Gasteiger charge is 2.46. The maximum absolute atomic E-state index is 13.7. The van der Waals surface area contributed by atoms with Crippen LogP contribution < -0.4 is 4.90 Å². The Hall–Kier alpha value is -3.48. The van der Waals surface area contributed by atoms with Gasteiger partial charge in [-0.05, 0) is 34.7 Å². The molecular formula is C25H26FN3O3. The molecule has 1 aliphatic rings. The summed E-state index contributed by atoms with van der Waals surface area (Å²) in [7, 11) is 0. The van der Waals surface area contributed by atoms with Crippen LogP contribution in [0.1, 0.15) is 51.8 Å². The molecule has 1 aliphatic heterocycles. The number of hydrogen-bond donors (Lipinski definition) is 2. The molecule has 6 nitrogen and oxygen atoms in total. The molecule has 0 fully saturated rings. The number of nitrogens with one attached hydrogen (secondary N) is 1. The highest BCUT2D eigenvalue weighted by molar-refractivity contribution is 6.16. The molecule has 1 atom stereocenters. The Morgan fingerprint density at radius 3 is 2.41 bits per heavy atom. The standard InChI is InChI=1S/C25H26FN3O3/c1-13(2)21(30)19-20(14-6-8-15(9-7-14)25(3,4)5)29(23(32)22(19)31)24-27-17-11-10-16(26)12-18(17)28-24/h6-13,20,31H,1-5H3,(H,27,28). The van der Waals surface area contributed by atoms with E-state index in [4.69, 9.17) is 0 Å². The summed E-state index contributed by atoms with van der Waals surface area (Å²) in [5.74, 6) is -2.34. The van der Waals surface area contributed by atoms with Gasteiger partial charge in [-0.2, -0.15) is 0 Å². The molecule has 0 aliphatic carbocycles. The van der Waals surface area contributed by atoms with Gasteiger partial charge in [0.15, 0.2) is 11.5 Å². The van der Waals surface area contributed by atoms with E-state index in [1.807, 2.05) is 24.3 Å². The lowest BCUT2D eigenvalue weighted by molar-refractivity contribution is -0.119. The van der Waals surface area contributed by atoms with E-state index in [9.17, 15) is 19.1 Å². The van der Waals surface area contributed by atoms with Crippen LogP contribution in [0, 0.1) is 11.7 Å². The van der Waals surface area contributed by atoms with Crippen molar-refractivity contribution in [3.05, 3.63) is 70.7 Å². The number of amides is 1. The number of imidazole rings is 1. The fourth-order valence-electron chi connectivity index (χ4n) is 3.95. The third-order valence-electron chi connectivity index (χ3n) is 5.75. The zero-order valence-corrected chi connectivity index (χ0v) is 18.7. The molecule has 7 heteroatoms. The number of rotatable bonds is 4. The number of aliphatic hydroxyl groups excluding tert-OH is 1. The van der Waals surface area contributed by atoms with Gasteiger partial charge < -0.3 is 10.1 Å². The lowest BCUT2D eigenvalue weighted by Crippen LogP contribution is -2.32. The molecular weight excluding hydrogens is 409 g/mol. The van der Waals surface area contributed by atoms with Crippen molar-refractivity contribution in [1.82, 2.24) is 9.97 Å². The van der Waals surface area contributed by atoms with E-state index in [0.717, 1.165) is 5.56 Å². The van der Waals surface area contributed by atoms with Gasteiger partial charge in [-0.15, -0.1) is 0 Å². The molecule has 166 valence electrons. The van der Waals surface area contributed by atoms with Gasteiger partial charge in [0.2, 0.25) is 5.95 Å². The van der Waals surface area contributed by atoms with Crippen LogP contribution in [0.4, 0.5) is 10.3 Å². The number of aromatic nitrogens is 2. The predicted octanol–water partition coefficient (Wildman–Crippen LogP) is 5.12. The van der Waals surface area contributed by atoms with Gasteiger partial charge in [0.1, 0.15) is 5.82 Å². The van der Waals surface area contributed by atoms with E-state index in [0.29, 0.717) is 16.6 Å². The third kappa shape index (κ3) is 3.57. The fourth-order valence-corrected chi connectivity index (χ4v) is 3.95. The van der Waals surface area contributed by atoms with Crippen molar-refractivity contribution < 1.29 is 19.1 Å². The van der Waals surface area contributed by atoms with Crippen LogP contribution >= 0.6 is 0 Å². The Balaban J connectivity index is 1.87. The molecule has 32 heavy (non-hydrogen) atoms. The summed E-state index contributed by atoms with van der Waals surface area (Å²) in [5, 5.41) is 10.7. The maximum atomic E-state index is 13.7. The number of nitrogens with zero attached hydrogens (tertiary/aromatic N) is 2. The molecule has 0 radical (unpaired) electrons. The van der Waals surface area contributed by atoms with Gasteiger partial charge in [0, 0.05) is 5.92 Å². The fraction of sp³-hybridized carbons (Fsp3) is 0.320. The number of aliphatic hydroxyl groups is 1. The second kappa shape index (κ2) is 7.58. The summed E-state index contributed by atoms with van der Waals surface area (Å²) in [6.07, 6.45) is 0. The summed E-state index contributed by atoms with van der Waals surface area (Å²) < 4.78 is 13.7. The van der Waals surface area contributed by atoms with E-state index in [1.165, 1.54) is 23.1 Å². The van der Waals surface area contributed by atoms with Crippen molar-refractivity contribution >= 4 is 28.7 Å². The number of anilines is 1. The van der Waals surface area contributed by atoms with Gasteiger partial charge in [0.25, 0.3) is 5.91 Å². The third-order valence-corrected chi connectivity index (χ3v) is 5.75. The number of ketones is 1. The number of halogens is 1. The predicted molar refractivity (Wildman–Crippen MR) is 121 cm³/mol. The normalized spacial score (nSPS) is 17.2. The number of hydrogen-bond acceptors (Lipinski definition) is 4. The molecule has 0 saturated heterocycles. The summed E-state index contributed by atoms with van der Waals surface area (Å²) in [4.78, 5) is 34.8. The van der Waals surface area contributed by atoms with Crippen LogP contribution in [-0.2, 0) is 15.0 Å². The number of Topliss-reactive ketones (excluding diaryl/α,β-unsaturated/α-hetero) is 1. The number of fused-ring (bicyclic) bond motifs is 1. The molecule has 4 rings (SSSR count). The maximum Gasteiger partial charge on any atom is 0.296 e. The monoisotopic (exact) mass is 435 g/mol. The average Bonchev–Trinajstić information content (AvgIpc) is 3.25. The van der Waals surface area contributed by atoms with Crippen LogP contribution in [0.15, 0.2) is 53.8 Å². The minimum Gasteiger partial charge on any atom is -0.503 e. The second-order valence-corrected chi connectivity index (χ2v) is 9.45. The van der Waals surface area contributed by atoms with Crippen molar-refractivity contribution in [2.45, 2.75) is 46.1 Å². The van der Waals surface area contributed by atoms with Gasteiger partial charge in [-0.25, -0.2) is 9.37 Å². The molecule has 2 heterocycles. The van der Waals surface area contributed by atoms with Gasteiger partial charge in [0.05, 0.1) is 22.6 Å². The molecule has 0 bridgehead atoms. The van der Waals surface area contributed by atoms with E-state index in [1.54, 1.807) is 13.8 Å². The summed E-state index contributed by atoms with van der Waals surface area (Å²) in [6.45, 7) is 9.74. The summed E-state index contributed by atoms with van der Waals surface area (Å²) in [6, 6.07) is 10.9. The smallest absolute Gasteiger partial charge is 0.296 e. The van der Waals surface area contributed by atoms with Crippen molar-refractivity contribution in [2.75, 3.05) is 4.90 Å². The molecule has 0 spiro atoms. The van der Waals surface area contributed by atoms with Crippen molar-refractivity contribution in [1.29, 1.82) is 0 Å². The molecule has 2 aromatic carbocycles. The Morgan fingerprint density at radius 1 is 1.16 bits per heavy atom. The first-order valence-electron chi connectivity index (χ1n) is 10.6. The molecule has 2 N–H and O–H groups in total. The van der Waals surface area contributed by atoms with Crippen LogP contribution in [0.3, 0.4) is 0 Å². The zero-order valence-electron chi connectivity index (χ0n) is 18.7. The van der Waals surface area contributed by atoms with Gasteiger partial charge in [-0.3, -0.25) is 14.5 Å². The van der Waals surface area contributed by atoms with Crippen LogP contribution in [-0.4, -0.2) is 26.8 Å². The average molecular weight is 435 g/mol. The van der Waals surface area contributed by atoms with Crippen LogP contribution in [0.5, 0.6) is 0 Å². The second-order valence-electron chi connectivity index (χ2n) is 9.45. The largest absolute Gasteiger partial charge is 0.503 e. The van der Waals surface area contributed by atoms with Crippen molar-refractivity contribution in [2.24, 2.45) is 5.92 Å². The van der Waals surface area contributed by atoms with Crippen molar-refractivity contribution in [3.8, 4) is 0 Å². The van der Waals surface area contributed by atoms with E-state index in [-0.39, 0.29) is 22.7 Å². The topological polar surface area (TPSA) is 86.3 Å². The molecule has 0 saturated carbocycles. The van der Waals surface area contributed by atoms with E-state index >= 15 is 0 Å². The molecule has 1 amide bonds. The van der Waals surface area contributed by atoms with Gasteiger partial charge >= 0.3 is 0 Å². The van der Waals surface area contributed by atoms with Gasteiger partial charge in [-0.1, -0.05) is 58.9 Å². The molecule has 1 aromatic heterocycles. The number of carbonyl (C=O) groups is 2. The molecule has 3 aromatic rings. The quantitative estimate of drug-likeness (QED) is 0.595. The first-order valence-corrected chi connectivity index (χ1v) is 10.6. The first-order chi connectivity index (χ1) is 15.0. The first kappa shape index (κ1) is 21.7. The van der Waals surface area contributed by atoms with E-state index in [2.05, 4.69) is 30.7 Å².